The highest BCUT2D eigenvalue weighted by Gasteiger charge is 2.35. The van der Waals surface area contributed by atoms with Gasteiger partial charge in [0.05, 0.1) is 16.8 Å². The van der Waals surface area contributed by atoms with Crippen LogP contribution in [-0.4, -0.2) is 15.0 Å². The minimum absolute atomic E-state index is 0.0127. The number of fused-ring (bicyclic) bond motifs is 1. The molecule has 7 heteroatoms. The Kier molecular flexibility index (Phi) is 3.82. The third-order valence-corrected chi connectivity index (χ3v) is 5.95. The lowest BCUT2D eigenvalue weighted by Gasteiger charge is -2.26. The molecule has 2 aromatic carbocycles. The third-order valence-electron chi connectivity index (χ3n) is 3.53. The molecule has 0 radical (unpaired) electrons. The topological polar surface area (TPSA) is 43.4 Å². The lowest BCUT2D eigenvalue weighted by Crippen LogP contribution is -2.22. The first kappa shape index (κ1) is 15.2. The van der Waals surface area contributed by atoms with Crippen molar-refractivity contribution in [2.45, 2.75) is 16.6 Å². The molecule has 116 valence electrons. The SMILES string of the molecule is O=S(=O)(c1ccc(Cl)cc1)C1CCOc2c(F)cc(F)cc21. The molecular formula is C15H11ClF2O3S. The normalized spacial score (nSPS) is 17.7. The molecule has 1 heterocycles. The summed E-state index contributed by atoms with van der Waals surface area (Å²) < 4.78 is 57.9. The molecule has 0 amide bonds. The van der Waals surface area contributed by atoms with Gasteiger partial charge in [-0.3, -0.25) is 0 Å². The molecule has 0 aliphatic carbocycles. The van der Waals surface area contributed by atoms with Crippen molar-refractivity contribution in [3.63, 3.8) is 0 Å². The van der Waals surface area contributed by atoms with E-state index in [1.807, 2.05) is 0 Å². The molecule has 22 heavy (non-hydrogen) atoms. The van der Waals surface area contributed by atoms with E-state index in [9.17, 15) is 17.2 Å². The standard InChI is InChI=1S/C15H11ClF2O3S/c16-9-1-3-11(4-2-9)22(19,20)14-5-6-21-15-12(14)7-10(17)8-13(15)18/h1-4,7-8,14H,5-6H2. The second-order valence-corrected chi connectivity index (χ2v) is 7.50. The molecule has 0 saturated carbocycles. The van der Waals surface area contributed by atoms with E-state index in [4.69, 9.17) is 16.3 Å². The number of ether oxygens (including phenoxy) is 1. The number of rotatable bonds is 2. The molecule has 2 aromatic rings. The summed E-state index contributed by atoms with van der Waals surface area (Å²) in [5.41, 5.74) is 0.0127. The molecule has 3 nitrogen and oxygen atoms in total. The molecule has 0 saturated heterocycles. The van der Waals surface area contributed by atoms with E-state index in [1.165, 1.54) is 24.3 Å². The maximum absolute atomic E-state index is 13.8. The van der Waals surface area contributed by atoms with Crippen LogP contribution in [-0.2, 0) is 9.84 Å². The average Bonchev–Trinajstić information content (AvgIpc) is 2.47. The van der Waals surface area contributed by atoms with Gasteiger partial charge in [0.1, 0.15) is 5.82 Å². The zero-order chi connectivity index (χ0) is 15.9. The fourth-order valence-electron chi connectivity index (χ4n) is 2.51. The van der Waals surface area contributed by atoms with Crippen LogP contribution in [0, 0.1) is 11.6 Å². The summed E-state index contributed by atoms with van der Waals surface area (Å²) in [5.74, 6) is -1.93. The molecule has 0 aromatic heterocycles. The van der Waals surface area contributed by atoms with E-state index >= 15 is 0 Å². The van der Waals surface area contributed by atoms with Crippen molar-refractivity contribution in [1.29, 1.82) is 0 Å². The number of hydrogen-bond acceptors (Lipinski definition) is 3. The molecule has 1 unspecified atom stereocenters. The van der Waals surface area contributed by atoms with Crippen molar-refractivity contribution in [3.05, 3.63) is 58.6 Å². The average molecular weight is 345 g/mol. The first-order valence-electron chi connectivity index (χ1n) is 6.51. The van der Waals surface area contributed by atoms with Crippen LogP contribution in [0.25, 0.3) is 0 Å². The number of sulfone groups is 1. The first-order valence-corrected chi connectivity index (χ1v) is 8.43. The molecular weight excluding hydrogens is 334 g/mol. The van der Waals surface area contributed by atoms with Crippen molar-refractivity contribution in [3.8, 4) is 5.75 Å². The predicted molar refractivity (Wildman–Crippen MR) is 77.8 cm³/mol. The van der Waals surface area contributed by atoms with Gasteiger partial charge in [-0.1, -0.05) is 11.6 Å². The highest BCUT2D eigenvalue weighted by Crippen LogP contribution is 2.41. The Morgan fingerprint density at radius 2 is 1.82 bits per heavy atom. The summed E-state index contributed by atoms with van der Waals surface area (Å²) in [4.78, 5) is 0.0550. The van der Waals surface area contributed by atoms with Crippen LogP contribution in [0.2, 0.25) is 5.02 Å². The second kappa shape index (κ2) is 5.52. The van der Waals surface area contributed by atoms with Gasteiger partial charge in [-0.15, -0.1) is 0 Å². The number of benzene rings is 2. The van der Waals surface area contributed by atoms with Gasteiger partial charge in [0.25, 0.3) is 0 Å². The van der Waals surface area contributed by atoms with Crippen molar-refractivity contribution < 1.29 is 21.9 Å². The van der Waals surface area contributed by atoms with Gasteiger partial charge >= 0.3 is 0 Å². The van der Waals surface area contributed by atoms with E-state index in [-0.39, 0.29) is 29.2 Å². The summed E-state index contributed by atoms with van der Waals surface area (Å²) in [6.07, 6.45) is 0.126. The van der Waals surface area contributed by atoms with Gasteiger partial charge in [0.15, 0.2) is 21.4 Å². The molecule has 0 bridgehead atoms. The Labute approximate surface area is 131 Å². The van der Waals surface area contributed by atoms with Gasteiger partial charge in [0, 0.05) is 23.1 Å². The van der Waals surface area contributed by atoms with Crippen LogP contribution < -0.4 is 4.74 Å². The minimum Gasteiger partial charge on any atom is -0.490 e. The molecule has 1 aliphatic rings. The maximum atomic E-state index is 13.8. The lowest BCUT2D eigenvalue weighted by molar-refractivity contribution is 0.267. The van der Waals surface area contributed by atoms with Crippen LogP contribution in [0.15, 0.2) is 41.3 Å². The lowest BCUT2D eigenvalue weighted by atomic mass is 10.1. The maximum Gasteiger partial charge on any atom is 0.185 e. The van der Waals surface area contributed by atoms with Gasteiger partial charge in [0.2, 0.25) is 0 Å². The predicted octanol–water partition coefficient (Wildman–Crippen LogP) is 3.92. The molecule has 0 N–H and O–H groups in total. The number of halogens is 3. The number of hydrogen-bond donors (Lipinski definition) is 0. The first-order chi connectivity index (χ1) is 10.4. The summed E-state index contributed by atoms with van der Waals surface area (Å²) in [7, 11) is -3.80. The fourth-order valence-corrected chi connectivity index (χ4v) is 4.39. The van der Waals surface area contributed by atoms with Crippen molar-refractivity contribution in [2.75, 3.05) is 6.61 Å². The largest absolute Gasteiger partial charge is 0.490 e. The Bertz CT molecular complexity index is 819. The highest BCUT2D eigenvalue weighted by molar-refractivity contribution is 7.91. The summed E-state index contributed by atoms with van der Waals surface area (Å²) in [6.45, 7) is 0.0486. The van der Waals surface area contributed by atoms with Crippen molar-refractivity contribution in [2.24, 2.45) is 0 Å². The zero-order valence-electron chi connectivity index (χ0n) is 11.2. The van der Waals surface area contributed by atoms with Crippen molar-refractivity contribution >= 4 is 21.4 Å². The van der Waals surface area contributed by atoms with Crippen LogP contribution >= 0.6 is 11.6 Å². The molecule has 0 spiro atoms. The molecule has 1 aliphatic heterocycles. The van der Waals surface area contributed by atoms with Gasteiger partial charge in [-0.2, -0.15) is 0 Å². The third kappa shape index (κ3) is 2.57. The van der Waals surface area contributed by atoms with Gasteiger partial charge < -0.3 is 4.74 Å². The Morgan fingerprint density at radius 3 is 2.50 bits per heavy atom. The van der Waals surface area contributed by atoms with E-state index in [1.54, 1.807) is 0 Å². The van der Waals surface area contributed by atoms with Crippen molar-refractivity contribution in [1.82, 2.24) is 0 Å². The second-order valence-electron chi connectivity index (χ2n) is 4.93. The molecule has 3 rings (SSSR count). The van der Waals surface area contributed by atoms with Crippen LogP contribution in [0.1, 0.15) is 17.2 Å². The van der Waals surface area contributed by atoms with E-state index < -0.39 is 26.7 Å². The van der Waals surface area contributed by atoms with Gasteiger partial charge in [-0.25, -0.2) is 17.2 Å². The van der Waals surface area contributed by atoms with Crippen LogP contribution in [0.5, 0.6) is 5.75 Å². The minimum atomic E-state index is -3.80. The highest BCUT2D eigenvalue weighted by atomic mass is 35.5. The summed E-state index contributed by atoms with van der Waals surface area (Å²) >= 11 is 5.76. The van der Waals surface area contributed by atoms with E-state index in [2.05, 4.69) is 0 Å². The fraction of sp³-hybridized carbons (Fsp3) is 0.200. The molecule has 1 atom stereocenters. The zero-order valence-corrected chi connectivity index (χ0v) is 12.8. The Hall–Kier alpha value is -1.66. The van der Waals surface area contributed by atoms with Crippen LogP contribution in [0.3, 0.4) is 0 Å². The van der Waals surface area contributed by atoms with E-state index in [0.29, 0.717) is 11.1 Å². The van der Waals surface area contributed by atoms with Crippen LogP contribution in [0.4, 0.5) is 8.78 Å². The van der Waals surface area contributed by atoms with Gasteiger partial charge in [-0.05, 0) is 30.3 Å². The monoisotopic (exact) mass is 344 g/mol. The smallest absolute Gasteiger partial charge is 0.185 e. The summed E-state index contributed by atoms with van der Waals surface area (Å²) in [5, 5.41) is -0.647. The van der Waals surface area contributed by atoms with E-state index in [0.717, 1.165) is 6.07 Å². The Morgan fingerprint density at radius 1 is 1.14 bits per heavy atom. The Balaban J connectivity index is 2.12. The molecule has 0 fully saturated rings. The quantitative estimate of drug-likeness (QED) is 0.829. The summed E-state index contributed by atoms with van der Waals surface area (Å²) in [6, 6.07) is 7.36.